The van der Waals surface area contributed by atoms with E-state index in [1.54, 1.807) is 6.08 Å². The van der Waals surface area contributed by atoms with Crippen molar-refractivity contribution in [2.75, 3.05) is 19.6 Å². The molecule has 1 aromatic rings. The van der Waals surface area contributed by atoms with E-state index in [9.17, 15) is 29.0 Å². The zero-order valence-electron chi connectivity index (χ0n) is 16.4. The van der Waals surface area contributed by atoms with Crippen LogP contribution in [-0.4, -0.2) is 30.2 Å². The zero-order chi connectivity index (χ0) is 22.1. The Morgan fingerprint density at radius 3 is 2.50 bits per heavy atom. The number of alkyl halides is 3. The van der Waals surface area contributed by atoms with Crippen LogP contribution in [0.3, 0.4) is 0 Å². The Morgan fingerprint density at radius 1 is 1.23 bits per heavy atom. The van der Waals surface area contributed by atoms with Crippen LogP contribution in [-0.2, 0) is 6.18 Å². The van der Waals surface area contributed by atoms with Crippen LogP contribution in [0.4, 0.5) is 13.2 Å². The molecule has 0 bridgehead atoms. The molecule has 1 aliphatic heterocycles. The van der Waals surface area contributed by atoms with Gasteiger partial charge in [-0.1, -0.05) is 31.2 Å². The van der Waals surface area contributed by atoms with E-state index in [1.807, 2.05) is 25.1 Å². The van der Waals surface area contributed by atoms with Crippen molar-refractivity contribution >= 4 is 5.71 Å². The van der Waals surface area contributed by atoms with Crippen molar-refractivity contribution in [1.29, 1.82) is 21.2 Å². The standard InChI is InChI=1S/C22H20F3N5/c1-2-7-30-8-6-18-17(11-30)19(14-4-3-5-15(9-14)22(23,24)25)16(10-26)20(29)21(18,12-27)13-28/h3-6,9,16-17,19,29H,2,7-8,11H2,1H3/t16-,17+,19-/m1/s1. The van der Waals surface area contributed by atoms with Crippen LogP contribution in [0.1, 0.15) is 30.4 Å². The Kier molecular flexibility index (Phi) is 5.70. The predicted octanol–water partition coefficient (Wildman–Crippen LogP) is 4.26. The summed E-state index contributed by atoms with van der Waals surface area (Å²) in [6.45, 7) is 3.66. The molecule has 0 aromatic heterocycles. The van der Waals surface area contributed by atoms with Gasteiger partial charge in [-0.05, 0) is 30.2 Å². The molecule has 1 N–H and O–H groups in total. The molecule has 1 saturated carbocycles. The molecule has 3 atom stereocenters. The van der Waals surface area contributed by atoms with Gasteiger partial charge < -0.3 is 5.41 Å². The van der Waals surface area contributed by atoms with Crippen LogP contribution in [0.5, 0.6) is 0 Å². The van der Waals surface area contributed by atoms with E-state index >= 15 is 0 Å². The van der Waals surface area contributed by atoms with Crippen molar-refractivity contribution in [3.05, 3.63) is 47.0 Å². The maximum absolute atomic E-state index is 13.3. The third-order valence-corrected chi connectivity index (χ3v) is 5.98. The first-order valence-corrected chi connectivity index (χ1v) is 9.64. The van der Waals surface area contributed by atoms with Crippen LogP contribution in [0.15, 0.2) is 35.9 Å². The number of benzene rings is 1. The van der Waals surface area contributed by atoms with Crippen LogP contribution in [0.25, 0.3) is 0 Å². The summed E-state index contributed by atoms with van der Waals surface area (Å²) in [5, 5.41) is 38.0. The quantitative estimate of drug-likeness (QED) is 0.751. The molecule has 0 radical (unpaired) electrons. The SMILES string of the molecule is CCCN1CC=C2[C@H](C1)[C@H](c1cccc(C(F)(F)F)c1)[C@@H](C#N)C(=N)C2(C#N)C#N. The maximum Gasteiger partial charge on any atom is 0.416 e. The largest absolute Gasteiger partial charge is 0.416 e. The summed E-state index contributed by atoms with van der Waals surface area (Å²) in [5.74, 6) is -2.42. The van der Waals surface area contributed by atoms with Crippen molar-refractivity contribution in [1.82, 2.24) is 4.90 Å². The lowest BCUT2D eigenvalue weighted by Gasteiger charge is -2.47. The van der Waals surface area contributed by atoms with Crippen molar-refractivity contribution in [2.45, 2.75) is 25.4 Å². The van der Waals surface area contributed by atoms with E-state index < -0.39 is 34.9 Å². The van der Waals surface area contributed by atoms with Crippen LogP contribution in [0.2, 0.25) is 0 Å². The number of fused-ring (bicyclic) bond motifs is 1. The lowest BCUT2D eigenvalue weighted by Crippen LogP contribution is -2.52. The first-order valence-electron chi connectivity index (χ1n) is 9.64. The monoisotopic (exact) mass is 411 g/mol. The Hall–Kier alpha value is -3.15. The van der Waals surface area contributed by atoms with E-state index in [1.165, 1.54) is 12.1 Å². The van der Waals surface area contributed by atoms with Gasteiger partial charge in [0, 0.05) is 24.9 Å². The Morgan fingerprint density at radius 2 is 1.93 bits per heavy atom. The van der Waals surface area contributed by atoms with Gasteiger partial charge in [0.05, 0.1) is 35.4 Å². The molecule has 3 rings (SSSR count). The van der Waals surface area contributed by atoms with Crippen LogP contribution >= 0.6 is 0 Å². The minimum Gasteiger partial charge on any atom is -0.305 e. The first kappa shape index (κ1) is 21.6. The molecule has 0 unspecified atom stereocenters. The van der Waals surface area contributed by atoms with Gasteiger partial charge in [-0.2, -0.15) is 29.0 Å². The highest BCUT2D eigenvalue weighted by Crippen LogP contribution is 2.52. The topological polar surface area (TPSA) is 98.5 Å². The summed E-state index contributed by atoms with van der Waals surface area (Å²) >= 11 is 0. The van der Waals surface area contributed by atoms with Gasteiger partial charge in [0.1, 0.15) is 0 Å². The minimum absolute atomic E-state index is 0.292. The summed E-state index contributed by atoms with van der Waals surface area (Å²) in [5.41, 5.74) is -2.32. The molecule has 8 heteroatoms. The van der Waals surface area contributed by atoms with Crippen LogP contribution < -0.4 is 0 Å². The summed E-state index contributed by atoms with van der Waals surface area (Å²) in [6, 6.07) is 10.7. The summed E-state index contributed by atoms with van der Waals surface area (Å²) in [7, 11) is 0. The second-order valence-electron chi connectivity index (χ2n) is 7.67. The van der Waals surface area contributed by atoms with Crippen molar-refractivity contribution in [3.63, 3.8) is 0 Å². The van der Waals surface area contributed by atoms with E-state index in [2.05, 4.69) is 4.90 Å². The van der Waals surface area contributed by atoms with E-state index in [0.717, 1.165) is 25.1 Å². The van der Waals surface area contributed by atoms with E-state index in [4.69, 9.17) is 5.41 Å². The molecular formula is C22H20F3N5. The van der Waals surface area contributed by atoms with Gasteiger partial charge in [0.25, 0.3) is 0 Å². The zero-order valence-corrected chi connectivity index (χ0v) is 16.4. The number of nitriles is 3. The van der Waals surface area contributed by atoms with Crippen LogP contribution in [0, 0.1) is 56.7 Å². The van der Waals surface area contributed by atoms with Crippen molar-refractivity contribution in [3.8, 4) is 18.2 Å². The van der Waals surface area contributed by atoms with Gasteiger partial charge in [0.2, 0.25) is 5.41 Å². The molecule has 0 spiro atoms. The van der Waals surface area contributed by atoms with Gasteiger partial charge in [-0.25, -0.2) is 0 Å². The van der Waals surface area contributed by atoms with Gasteiger partial charge in [-0.3, -0.25) is 4.90 Å². The highest BCUT2D eigenvalue weighted by Gasteiger charge is 2.56. The Bertz CT molecular complexity index is 991. The maximum atomic E-state index is 13.3. The summed E-state index contributed by atoms with van der Waals surface area (Å²) in [6.07, 6.45) is -1.93. The molecule has 0 amide bonds. The average Bonchev–Trinajstić information content (AvgIpc) is 2.73. The molecule has 30 heavy (non-hydrogen) atoms. The fourth-order valence-corrected chi connectivity index (χ4v) is 4.63. The normalized spacial score (nSPS) is 26.0. The van der Waals surface area contributed by atoms with Crippen molar-refractivity contribution < 1.29 is 13.2 Å². The molecule has 5 nitrogen and oxygen atoms in total. The summed E-state index contributed by atoms with van der Waals surface area (Å²) < 4.78 is 39.9. The average molecular weight is 411 g/mol. The molecule has 1 aromatic carbocycles. The number of rotatable bonds is 3. The van der Waals surface area contributed by atoms with E-state index in [0.29, 0.717) is 24.2 Å². The number of nitrogens with one attached hydrogen (secondary N) is 1. The third kappa shape index (κ3) is 3.36. The third-order valence-electron chi connectivity index (χ3n) is 5.98. The number of hydrogen-bond acceptors (Lipinski definition) is 5. The summed E-state index contributed by atoms with van der Waals surface area (Å²) in [4.78, 5) is 2.09. The van der Waals surface area contributed by atoms with E-state index in [-0.39, 0.29) is 5.71 Å². The molecule has 2 aliphatic rings. The van der Waals surface area contributed by atoms with Gasteiger partial charge >= 0.3 is 6.18 Å². The fraction of sp³-hybridized carbons (Fsp3) is 0.455. The lowest BCUT2D eigenvalue weighted by atomic mass is 9.55. The molecule has 154 valence electrons. The second kappa shape index (κ2) is 7.94. The molecule has 1 heterocycles. The van der Waals surface area contributed by atoms with Gasteiger partial charge in [-0.15, -0.1) is 0 Å². The lowest BCUT2D eigenvalue weighted by molar-refractivity contribution is -0.137. The first-order chi connectivity index (χ1) is 14.2. The Balaban J connectivity index is 2.20. The highest BCUT2D eigenvalue weighted by atomic mass is 19.4. The number of hydrogen-bond donors (Lipinski definition) is 1. The van der Waals surface area contributed by atoms with Gasteiger partial charge in [0.15, 0.2) is 0 Å². The number of halogens is 3. The second-order valence-corrected chi connectivity index (χ2v) is 7.67. The van der Waals surface area contributed by atoms with Crippen molar-refractivity contribution in [2.24, 2.45) is 17.3 Å². The minimum atomic E-state index is -4.54. The molecule has 1 fully saturated rings. The number of nitrogens with zero attached hydrogens (tertiary/aromatic N) is 4. The highest BCUT2D eigenvalue weighted by molar-refractivity contribution is 6.01. The fourth-order valence-electron chi connectivity index (χ4n) is 4.63. The Labute approximate surface area is 173 Å². The molecule has 0 saturated heterocycles. The smallest absolute Gasteiger partial charge is 0.305 e. The molecular weight excluding hydrogens is 391 g/mol. The molecule has 1 aliphatic carbocycles. The predicted molar refractivity (Wildman–Crippen MR) is 103 cm³/mol.